The summed E-state index contributed by atoms with van der Waals surface area (Å²) in [6.45, 7) is 7.59. The summed E-state index contributed by atoms with van der Waals surface area (Å²) < 4.78 is 2.09. The lowest BCUT2D eigenvalue weighted by Crippen LogP contribution is -2.25. The van der Waals surface area contributed by atoms with Crippen molar-refractivity contribution < 1.29 is 0 Å². The van der Waals surface area contributed by atoms with Crippen molar-refractivity contribution in [1.29, 1.82) is 0 Å². The molecule has 2 aromatic heterocycles. The van der Waals surface area contributed by atoms with Gasteiger partial charge in [-0.2, -0.15) is 0 Å². The summed E-state index contributed by atoms with van der Waals surface area (Å²) in [4.78, 5) is 7.09. The fourth-order valence-corrected chi connectivity index (χ4v) is 3.44. The predicted molar refractivity (Wildman–Crippen MR) is 92.3 cm³/mol. The summed E-state index contributed by atoms with van der Waals surface area (Å²) in [5.41, 5.74) is 2.93. The van der Waals surface area contributed by atoms with Crippen LogP contribution in [0, 0.1) is 0 Å². The molecule has 0 aliphatic rings. The quantitative estimate of drug-likeness (QED) is 0.655. The summed E-state index contributed by atoms with van der Waals surface area (Å²) >= 11 is 1.67. The van der Waals surface area contributed by atoms with Crippen molar-refractivity contribution in [3.05, 3.63) is 24.3 Å². The Morgan fingerprint density at radius 1 is 1.14 bits per heavy atom. The summed E-state index contributed by atoms with van der Waals surface area (Å²) in [7, 11) is 2.03. The molecule has 0 spiro atoms. The van der Waals surface area contributed by atoms with Crippen LogP contribution in [0.4, 0.5) is 0 Å². The van der Waals surface area contributed by atoms with E-state index in [1.165, 1.54) is 0 Å². The molecule has 0 amide bonds. The van der Waals surface area contributed by atoms with Crippen LogP contribution in [0.5, 0.6) is 0 Å². The molecule has 1 aromatic carbocycles. The zero-order valence-corrected chi connectivity index (χ0v) is 14.1. The maximum atomic E-state index is 4.69. The number of thioether (sulfide) groups is 1. The second-order valence-electron chi connectivity index (χ2n) is 5.22. The topological polar surface area (TPSA) is 46.8 Å². The molecular formula is C16H21N5S. The zero-order chi connectivity index (χ0) is 15.5. The minimum absolute atomic E-state index is 0.755. The van der Waals surface area contributed by atoms with Crippen molar-refractivity contribution in [3.63, 3.8) is 0 Å². The lowest BCUT2D eigenvalue weighted by atomic mass is 10.2. The number of benzene rings is 1. The maximum Gasteiger partial charge on any atom is 0.211 e. The van der Waals surface area contributed by atoms with Gasteiger partial charge in [-0.1, -0.05) is 43.8 Å². The Morgan fingerprint density at radius 3 is 2.68 bits per heavy atom. The molecule has 2 heterocycles. The molecule has 5 nitrogen and oxygen atoms in total. The van der Waals surface area contributed by atoms with E-state index in [0.29, 0.717) is 0 Å². The monoisotopic (exact) mass is 315 g/mol. The van der Waals surface area contributed by atoms with Gasteiger partial charge in [0.05, 0.1) is 5.52 Å². The molecule has 116 valence electrons. The van der Waals surface area contributed by atoms with E-state index in [9.17, 15) is 0 Å². The Hall–Kier alpha value is -1.66. The lowest BCUT2D eigenvalue weighted by Gasteiger charge is -2.16. The number of hydrogen-bond donors (Lipinski definition) is 0. The second-order valence-corrected chi connectivity index (χ2v) is 6.28. The van der Waals surface area contributed by atoms with Gasteiger partial charge < -0.3 is 9.47 Å². The molecule has 0 saturated heterocycles. The van der Waals surface area contributed by atoms with E-state index in [-0.39, 0.29) is 0 Å². The van der Waals surface area contributed by atoms with Crippen molar-refractivity contribution in [2.75, 3.05) is 25.4 Å². The fourth-order valence-electron chi connectivity index (χ4n) is 2.66. The molecule has 22 heavy (non-hydrogen) atoms. The van der Waals surface area contributed by atoms with E-state index in [1.807, 2.05) is 19.2 Å². The standard InChI is InChI=1S/C16H21N5S/c1-4-21(5-2)10-11-22-16-17-15-14(18-19-16)12-8-6-7-9-13(12)20(15)3/h6-9H,4-5,10-11H2,1-3H3. The molecule has 0 aliphatic carbocycles. The minimum Gasteiger partial charge on any atom is -0.327 e. The average Bonchev–Trinajstić information content (AvgIpc) is 2.85. The first-order valence-electron chi connectivity index (χ1n) is 7.67. The predicted octanol–water partition coefficient (Wildman–Crippen LogP) is 2.95. The molecule has 0 unspecified atom stereocenters. The van der Waals surface area contributed by atoms with Crippen molar-refractivity contribution in [2.24, 2.45) is 7.05 Å². The van der Waals surface area contributed by atoms with E-state index in [4.69, 9.17) is 4.98 Å². The molecular weight excluding hydrogens is 294 g/mol. The number of rotatable bonds is 6. The molecule has 0 N–H and O–H groups in total. The van der Waals surface area contributed by atoms with Gasteiger partial charge in [-0.05, 0) is 19.2 Å². The van der Waals surface area contributed by atoms with Gasteiger partial charge in [0.15, 0.2) is 5.65 Å². The van der Waals surface area contributed by atoms with Crippen molar-refractivity contribution in [2.45, 2.75) is 19.0 Å². The third kappa shape index (κ3) is 2.80. The van der Waals surface area contributed by atoms with Crippen LogP contribution >= 0.6 is 11.8 Å². The first-order chi connectivity index (χ1) is 10.7. The molecule has 0 bridgehead atoms. The number of para-hydroxylation sites is 1. The minimum atomic E-state index is 0.755. The number of aryl methyl sites for hydroxylation is 1. The van der Waals surface area contributed by atoms with E-state index in [0.717, 1.165) is 52.6 Å². The highest BCUT2D eigenvalue weighted by atomic mass is 32.2. The molecule has 6 heteroatoms. The zero-order valence-electron chi connectivity index (χ0n) is 13.3. The van der Waals surface area contributed by atoms with Gasteiger partial charge in [0.2, 0.25) is 5.16 Å². The fraction of sp³-hybridized carbons (Fsp3) is 0.438. The normalized spacial score (nSPS) is 11.8. The SMILES string of the molecule is CCN(CC)CCSc1nnc2c3ccccc3n(C)c2n1. The van der Waals surface area contributed by atoms with E-state index in [2.05, 4.69) is 45.6 Å². The van der Waals surface area contributed by atoms with Crippen LogP contribution in [0.1, 0.15) is 13.8 Å². The van der Waals surface area contributed by atoms with Crippen molar-refractivity contribution in [1.82, 2.24) is 24.6 Å². The number of nitrogens with zero attached hydrogens (tertiary/aromatic N) is 5. The van der Waals surface area contributed by atoms with Gasteiger partial charge in [-0.15, -0.1) is 10.2 Å². The third-order valence-corrected chi connectivity index (χ3v) is 4.84. The number of fused-ring (bicyclic) bond motifs is 3. The summed E-state index contributed by atoms with van der Waals surface area (Å²) in [5.74, 6) is 0.985. The van der Waals surface area contributed by atoms with Crippen LogP contribution < -0.4 is 0 Å². The number of hydrogen-bond acceptors (Lipinski definition) is 5. The van der Waals surface area contributed by atoms with Crippen molar-refractivity contribution in [3.8, 4) is 0 Å². The first-order valence-corrected chi connectivity index (χ1v) is 8.66. The molecule has 3 aromatic rings. The Labute approximate surface area is 134 Å². The highest BCUT2D eigenvalue weighted by molar-refractivity contribution is 7.99. The van der Waals surface area contributed by atoms with Crippen molar-refractivity contribution >= 4 is 33.8 Å². The van der Waals surface area contributed by atoms with E-state index >= 15 is 0 Å². The highest BCUT2D eigenvalue weighted by Gasteiger charge is 2.12. The largest absolute Gasteiger partial charge is 0.327 e. The Morgan fingerprint density at radius 2 is 1.91 bits per heavy atom. The van der Waals surface area contributed by atoms with Crippen LogP contribution in [0.3, 0.4) is 0 Å². The maximum absolute atomic E-state index is 4.69. The Balaban J connectivity index is 1.84. The van der Waals surface area contributed by atoms with Gasteiger partial charge in [0, 0.05) is 24.7 Å². The smallest absolute Gasteiger partial charge is 0.211 e. The molecule has 0 radical (unpaired) electrons. The van der Waals surface area contributed by atoms with Gasteiger partial charge in [-0.3, -0.25) is 0 Å². The van der Waals surface area contributed by atoms with Crippen LogP contribution in [0.25, 0.3) is 22.1 Å². The van der Waals surface area contributed by atoms with E-state index in [1.54, 1.807) is 11.8 Å². The highest BCUT2D eigenvalue weighted by Crippen LogP contribution is 2.25. The van der Waals surface area contributed by atoms with Gasteiger partial charge >= 0.3 is 0 Å². The van der Waals surface area contributed by atoms with Gasteiger partial charge in [0.1, 0.15) is 5.52 Å². The molecule has 0 saturated carbocycles. The second kappa shape index (κ2) is 6.62. The van der Waals surface area contributed by atoms with Crippen LogP contribution in [0.2, 0.25) is 0 Å². The molecule has 0 aliphatic heterocycles. The van der Waals surface area contributed by atoms with Gasteiger partial charge in [-0.25, -0.2) is 4.98 Å². The van der Waals surface area contributed by atoms with Crippen LogP contribution in [0.15, 0.2) is 29.4 Å². The Bertz CT molecular complexity index is 779. The third-order valence-electron chi connectivity index (χ3n) is 4.02. The lowest BCUT2D eigenvalue weighted by molar-refractivity contribution is 0.324. The van der Waals surface area contributed by atoms with Crippen LogP contribution in [-0.2, 0) is 7.05 Å². The number of aromatic nitrogens is 4. The summed E-state index contributed by atoms with van der Waals surface area (Å²) in [6, 6.07) is 8.22. The average molecular weight is 315 g/mol. The summed E-state index contributed by atoms with van der Waals surface area (Å²) in [5, 5.41) is 10.6. The summed E-state index contributed by atoms with van der Waals surface area (Å²) in [6.07, 6.45) is 0. The molecule has 0 fully saturated rings. The molecule has 0 atom stereocenters. The first kappa shape index (κ1) is 15.2. The van der Waals surface area contributed by atoms with Crippen LogP contribution in [-0.4, -0.2) is 50.0 Å². The van der Waals surface area contributed by atoms with E-state index < -0.39 is 0 Å². The van der Waals surface area contributed by atoms with Gasteiger partial charge in [0.25, 0.3) is 0 Å². The Kier molecular flexibility index (Phi) is 4.59. The molecule has 3 rings (SSSR count).